The topological polar surface area (TPSA) is 21.3 Å². The van der Waals surface area contributed by atoms with Crippen LogP contribution in [0.4, 0.5) is 10.1 Å². The van der Waals surface area contributed by atoms with Crippen molar-refractivity contribution < 1.29 is 9.13 Å². The molecule has 0 saturated heterocycles. The molecule has 2 nitrogen and oxygen atoms in total. The highest BCUT2D eigenvalue weighted by molar-refractivity contribution is 6.30. The molecule has 3 rings (SSSR count). The van der Waals surface area contributed by atoms with Gasteiger partial charge in [0.25, 0.3) is 0 Å². The van der Waals surface area contributed by atoms with Gasteiger partial charge < -0.3 is 10.1 Å². The first-order valence-electron chi connectivity index (χ1n) is 7.99. The summed E-state index contributed by atoms with van der Waals surface area (Å²) in [5, 5.41) is 3.69. The van der Waals surface area contributed by atoms with Gasteiger partial charge >= 0.3 is 0 Å². The van der Waals surface area contributed by atoms with E-state index in [2.05, 4.69) is 12.2 Å². The van der Waals surface area contributed by atoms with E-state index in [-0.39, 0.29) is 16.3 Å². The van der Waals surface area contributed by atoms with E-state index < -0.39 is 0 Å². The average molecular weight is 312 g/mol. The Kier molecular flexibility index (Phi) is 4.41. The number of hydrogen-bond donors (Lipinski definition) is 1. The molecule has 0 radical (unpaired) electrons. The summed E-state index contributed by atoms with van der Waals surface area (Å²) >= 11 is 5.75. The summed E-state index contributed by atoms with van der Waals surface area (Å²) in [5.74, 6) is -0.361. The van der Waals surface area contributed by atoms with Crippen molar-refractivity contribution in [3.63, 3.8) is 0 Å². The van der Waals surface area contributed by atoms with Crippen LogP contribution in [0.3, 0.4) is 0 Å². The normalized spacial score (nSPS) is 27.4. The lowest BCUT2D eigenvalue weighted by atomic mass is 9.55. The molecule has 1 spiro atoms. The lowest BCUT2D eigenvalue weighted by Crippen LogP contribution is -2.62. The number of rotatable bonds is 4. The summed E-state index contributed by atoms with van der Waals surface area (Å²) in [6, 6.07) is 5.35. The zero-order chi connectivity index (χ0) is 14.9. The fourth-order valence-electron chi connectivity index (χ4n) is 4.05. The maximum absolute atomic E-state index is 13.6. The van der Waals surface area contributed by atoms with Gasteiger partial charge in [-0.3, -0.25) is 0 Å². The maximum atomic E-state index is 13.6. The van der Waals surface area contributed by atoms with Crippen LogP contribution in [0.15, 0.2) is 18.2 Å². The molecule has 116 valence electrons. The Bertz CT molecular complexity index is 502. The molecular weight excluding hydrogens is 289 g/mol. The Morgan fingerprint density at radius 2 is 2.10 bits per heavy atom. The van der Waals surface area contributed by atoms with Crippen LogP contribution < -0.4 is 5.32 Å². The smallest absolute Gasteiger partial charge is 0.143 e. The summed E-state index contributed by atoms with van der Waals surface area (Å²) in [6.07, 6.45) is 7.67. The summed E-state index contributed by atoms with van der Waals surface area (Å²) < 4.78 is 19.5. The van der Waals surface area contributed by atoms with E-state index in [9.17, 15) is 4.39 Å². The fourth-order valence-corrected chi connectivity index (χ4v) is 4.17. The van der Waals surface area contributed by atoms with Gasteiger partial charge in [0.05, 0.1) is 11.1 Å². The second kappa shape index (κ2) is 6.13. The minimum absolute atomic E-state index is 0.175. The largest absolute Gasteiger partial charge is 0.381 e. The van der Waals surface area contributed by atoms with Crippen LogP contribution in [0.2, 0.25) is 5.02 Å². The molecule has 1 aromatic carbocycles. The highest BCUT2D eigenvalue weighted by Gasteiger charge is 2.55. The van der Waals surface area contributed by atoms with E-state index in [0.29, 0.717) is 12.1 Å². The molecule has 1 N–H and O–H groups in total. The van der Waals surface area contributed by atoms with Crippen molar-refractivity contribution in [2.75, 3.05) is 11.9 Å². The Morgan fingerprint density at radius 1 is 1.33 bits per heavy atom. The molecule has 2 fully saturated rings. The molecule has 0 heterocycles. The van der Waals surface area contributed by atoms with E-state index in [4.69, 9.17) is 16.3 Å². The van der Waals surface area contributed by atoms with Crippen molar-refractivity contribution in [1.29, 1.82) is 0 Å². The molecule has 0 bridgehead atoms. The van der Waals surface area contributed by atoms with Crippen LogP contribution in [0.25, 0.3) is 0 Å². The third kappa shape index (κ3) is 2.78. The third-order valence-corrected chi connectivity index (χ3v) is 5.50. The Balaban J connectivity index is 1.73. The number of hydrogen-bond acceptors (Lipinski definition) is 2. The van der Waals surface area contributed by atoms with Crippen molar-refractivity contribution in [3.8, 4) is 0 Å². The Labute approximate surface area is 131 Å². The molecule has 0 aromatic heterocycles. The van der Waals surface area contributed by atoms with Crippen LogP contribution in [-0.2, 0) is 4.74 Å². The molecule has 1 aromatic rings. The standard InChI is InChI=1S/C17H23ClFNO/c1-2-21-16-11-15(17(16)8-4-3-5-9-17)20-12-6-7-13(18)14(19)10-12/h6-7,10,15-16,20H,2-5,8-9,11H2,1H3. The van der Waals surface area contributed by atoms with Crippen LogP contribution >= 0.6 is 11.6 Å². The lowest BCUT2D eigenvalue weighted by molar-refractivity contribution is -0.134. The van der Waals surface area contributed by atoms with Gasteiger partial charge in [-0.25, -0.2) is 4.39 Å². The average Bonchev–Trinajstić information content (AvgIpc) is 2.50. The van der Waals surface area contributed by atoms with Crippen molar-refractivity contribution >= 4 is 17.3 Å². The SMILES string of the molecule is CCOC1CC(Nc2ccc(Cl)c(F)c2)C12CCCCC2. The predicted molar refractivity (Wildman–Crippen MR) is 84.4 cm³/mol. The number of halogens is 2. The summed E-state index contributed by atoms with van der Waals surface area (Å²) in [4.78, 5) is 0. The summed E-state index contributed by atoms with van der Waals surface area (Å²) in [5.41, 5.74) is 1.06. The molecule has 0 aliphatic heterocycles. The number of benzene rings is 1. The monoisotopic (exact) mass is 311 g/mol. The Hall–Kier alpha value is -0.800. The van der Waals surface area contributed by atoms with Crippen LogP contribution in [0.1, 0.15) is 45.4 Å². The molecule has 4 heteroatoms. The number of anilines is 1. The number of ether oxygens (including phenoxy) is 1. The van der Waals surface area contributed by atoms with E-state index in [1.807, 2.05) is 6.07 Å². The minimum atomic E-state index is -0.361. The third-order valence-electron chi connectivity index (χ3n) is 5.20. The zero-order valence-electron chi connectivity index (χ0n) is 12.5. The van der Waals surface area contributed by atoms with Crippen molar-refractivity contribution in [2.24, 2.45) is 5.41 Å². The molecule has 2 aliphatic carbocycles. The zero-order valence-corrected chi connectivity index (χ0v) is 13.3. The summed E-state index contributed by atoms with van der Waals surface area (Å²) in [7, 11) is 0. The number of nitrogens with one attached hydrogen (secondary N) is 1. The minimum Gasteiger partial charge on any atom is -0.381 e. The van der Waals surface area contributed by atoms with Gasteiger partial charge in [0.2, 0.25) is 0 Å². The molecule has 0 amide bonds. The van der Waals surface area contributed by atoms with Gasteiger partial charge in [-0.15, -0.1) is 0 Å². The summed E-state index contributed by atoms with van der Waals surface area (Å²) in [6.45, 7) is 2.83. The van der Waals surface area contributed by atoms with Gasteiger partial charge in [0.15, 0.2) is 0 Å². The lowest BCUT2D eigenvalue weighted by Gasteiger charge is -2.58. The van der Waals surface area contributed by atoms with E-state index in [0.717, 1.165) is 18.7 Å². The van der Waals surface area contributed by atoms with Crippen molar-refractivity contribution in [3.05, 3.63) is 29.0 Å². The van der Waals surface area contributed by atoms with Gasteiger partial charge in [0, 0.05) is 23.8 Å². The molecular formula is C17H23ClFNO. The molecule has 2 atom stereocenters. The molecule has 2 saturated carbocycles. The van der Waals surface area contributed by atoms with Gasteiger partial charge in [-0.1, -0.05) is 30.9 Å². The Morgan fingerprint density at radius 3 is 2.76 bits per heavy atom. The highest BCUT2D eigenvalue weighted by Crippen LogP contribution is 2.54. The molecule has 2 unspecified atom stereocenters. The molecule has 21 heavy (non-hydrogen) atoms. The van der Waals surface area contributed by atoms with Crippen molar-refractivity contribution in [1.82, 2.24) is 0 Å². The van der Waals surface area contributed by atoms with Crippen LogP contribution in [0, 0.1) is 11.2 Å². The second-order valence-electron chi connectivity index (χ2n) is 6.30. The van der Waals surface area contributed by atoms with Crippen LogP contribution in [0.5, 0.6) is 0 Å². The second-order valence-corrected chi connectivity index (χ2v) is 6.71. The fraction of sp³-hybridized carbons (Fsp3) is 0.647. The molecule has 2 aliphatic rings. The van der Waals surface area contributed by atoms with E-state index in [1.54, 1.807) is 6.07 Å². The predicted octanol–water partition coefficient (Wildman–Crippen LogP) is 5.02. The van der Waals surface area contributed by atoms with Crippen LogP contribution in [-0.4, -0.2) is 18.8 Å². The van der Waals surface area contributed by atoms with Gasteiger partial charge in [-0.05, 0) is 44.4 Å². The first-order chi connectivity index (χ1) is 10.2. The first-order valence-corrected chi connectivity index (χ1v) is 8.37. The van der Waals surface area contributed by atoms with E-state index >= 15 is 0 Å². The van der Waals surface area contributed by atoms with Gasteiger partial charge in [-0.2, -0.15) is 0 Å². The maximum Gasteiger partial charge on any atom is 0.143 e. The van der Waals surface area contributed by atoms with E-state index in [1.165, 1.54) is 38.2 Å². The van der Waals surface area contributed by atoms with Crippen molar-refractivity contribution in [2.45, 2.75) is 57.6 Å². The highest BCUT2D eigenvalue weighted by atomic mass is 35.5. The first kappa shape index (κ1) is 15.1. The quantitative estimate of drug-likeness (QED) is 0.843. The van der Waals surface area contributed by atoms with Gasteiger partial charge in [0.1, 0.15) is 5.82 Å².